The van der Waals surface area contributed by atoms with Crippen molar-refractivity contribution in [3.8, 4) is 0 Å². The summed E-state index contributed by atoms with van der Waals surface area (Å²) in [5.74, 6) is -1.81. The first-order valence-electron chi connectivity index (χ1n) is 4.46. The molecule has 0 unspecified atom stereocenters. The predicted octanol–water partition coefficient (Wildman–Crippen LogP) is 1.87. The second-order valence-corrected chi connectivity index (χ2v) is 5.40. The van der Waals surface area contributed by atoms with Crippen LogP contribution in [-0.4, -0.2) is 13.7 Å². The van der Waals surface area contributed by atoms with Crippen LogP contribution >= 0.6 is 0 Å². The summed E-state index contributed by atoms with van der Waals surface area (Å²) in [6.07, 6.45) is 1.09. The number of rotatable bonds is 3. The maximum absolute atomic E-state index is 13.1. The van der Waals surface area contributed by atoms with Crippen LogP contribution in [-0.2, 0) is 10.0 Å². The SMILES string of the molecule is O=S(=O)(Nc1c(F)cccc1F)C1CC1. The van der Waals surface area contributed by atoms with E-state index in [4.69, 9.17) is 0 Å². The highest BCUT2D eigenvalue weighted by atomic mass is 32.2. The van der Waals surface area contributed by atoms with E-state index < -0.39 is 32.6 Å². The lowest BCUT2D eigenvalue weighted by Crippen LogP contribution is -2.19. The number of para-hydroxylation sites is 1. The smallest absolute Gasteiger partial charge is 0.235 e. The van der Waals surface area contributed by atoms with E-state index in [0.717, 1.165) is 12.1 Å². The van der Waals surface area contributed by atoms with Crippen LogP contribution in [0.25, 0.3) is 0 Å². The van der Waals surface area contributed by atoms with Gasteiger partial charge in [-0.1, -0.05) is 6.07 Å². The Morgan fingerprint density at radius 3 is 2.20 bits per heavy atom. The van der Waals surface area contributed by atoms with Gasteiger partial charge in [0, 0.05) is 0 Å². The van der Waals surface area contributed by atoms with Crippen LogP contribution in [0.15, 0.2) is 18.2 Å². The van der Waals surface area contributed by atoms with E-state index in [-0.39, 0.29) is 0 Å². The Morgan fingerprint density at radius 2 is 1.73 bits per heavy atom. The third kappa shape index (κ3) is 2.09. The van der Waals surface area contributed by atoms with Gasteiger partial charge in [0.1, 0.15) is 17.3 Å². The number of benzene rings is 1. The molecule has 1 saturated carbocycles. The summed E-state index contributed by atoms with van der Waals surface area (Å²) in [6, 6.07) is 3.20. The Labute approximate surface area is 86.2 Å². The highest BCUT2D eigenvalue weighted by molar-refractivity contribution is 7.93. The monoisotopic (exact) mass is 233 g/mol. The van der Waals surface area contributed by atoms with E-state index in [0.29, 0.717) is 12.8 Å². The average molecular weight is 233 g/mol. The van der Waals surface area contributed by atoms with Crippen LogP contribution in [0.1, 0.15) is 12.8 Å². The number of anilines is 1. The van der Waals surface area contributed by atoms with Gasteiger partial charge in [-0.15, -0.1) is 0 Å². The first-order valence-corrected chi connectivity index (χ1v) is 6.01. The lowest BCUT2D eigenvalue weighted by Gasteiger charge is -2.08. The fourth-order valence-electron chi connectivity index (χ4n) is 1.20. The van der Waals surface area contributed by atoms with Crippen molar-refractivity contribution in [2.75, 3.05) is 4.72 Å². The van der Waals surface area contributed by atoms with Crippen molar-refractivity contribution < 1.29 is 17.2 Å². The minimum absolute atomic E-state index is 0.503. The van der Waals surface area contributed by atoms with Gasteiger partial charge < -0.3 is 0 Å². The van der Waals surface area contributed by atoms with Gasteiger partial charge >= 0.3 is 0 Å². The summed E-state index contributed by atoms with van der Waals surface area (Å²) in [4.78, 5) is 0. The Kier molecular flexibility index (Phi) is 2.38. The number of hydrogen-bond donors (Lipinski definition) is 1. The molecule has 0 atom stereocenters. The molecule has 0 spiro atoms. The van der Waals surface area contributed by atoms with E-state index in [2.05, 4.69) is 0 Å². The molecule has 1 N–H and O–H groups in total. The van der Waals surface area contributed by atoms with Crippen LogP contribution in [0.4, 0.5) is 14.5 Å². The molecule has 3 nitrogen and oxygen atoms in total. The van der Waals surface area contributed by atoms with E-state index in [1.165, 1.54) is 6.07 Å². The summed E-state index contributed by atoms with van der Waals surface area (Å²) in [5, 5.41) is -0.503. The van der Waals surface area contributed by atoms with Gasteiger partial charge in [-0.2, -0.15) is 0 Å². The fourth-order valence-corrected chi connectivity index (χ4v) is 2.60. The number of sulfonamides is 1. The zero-order valence-electron chi connectivity index (χ0n) is 7.70. The number of hydrogen-bond acceptors (Lipinski definition) is 2. The average Bonchev–Trinajstić information content (AvgIpc) is 2.94. The Hall–Kier alpha value is -1.17. The van der Waals surface area contributed by atoms with Crippen molar-refractivity contribution in [1.29, 1.82) is 0 Å². The molecule has 0 aromatic heterocycles. The van der Waals surface area contributed by atoms with Crippen molar-refractivity contribution in [2.24, 2.45) is 0 Å². The molecule has 0 heterocycles. The minimum atomic E-state index is -3.62. The number of nitrogens with one attached hydrogen (secondary N) is 1. The molecule has 1 aromatic carbocycles. The zero-order valence-corrected chi connectivity index (χ0v) is 8.52. The Bertz CT molecular complexity index is 463. The first kappa shape index (κ1) is 10.4. The summed E-state index contributed by atoms with van der Waals surface area (Å²) in [7, 11) is -3.62. The molecule has 0 amide bonds. The molecule has 82 valence electrons. The standard InChI is InChI=1S/C9H9F2NO2S/c10-7-2-1-3-8(11)9(7)12-15(13,14)6-4-5-6/h1-3,6,12H,4-5H2. The van der Waals surface area contributed by atoms with E-state index in [1.54, 1.807) is 0 Å². The quantitative estimate of drug-likeness (QED) is 0.866. The van der Waals surface area contributed by atoms with Crippen molar-refractivity contribution in [3.05, 3.63) is 29.8 Å². The molecule has 1 aliphatic carbocycles. The predicted molar refractivity (Wildman–Crippen MR) is 51.9 cm³/mol. The van der Waals surface area contributed by atoms with Gasteiger partial charge in [0.15, 0.2) is 0 Å². The second-order valence-electron chi connectivity index (χ2n) is 3.44. The normalized spacial score (nSPS) is 16.4. The zero-order chi connectivity index (χ0) is 11.1. The maximum Gasteiger partial charge on any atom is 0.235 e. The highest BCUT2D eigenvalue weighted by Gasteiger charge is 2.36. The summed E-state index contributed by atoms with van der Waals surface area (Å²) in [6.45, 7) is 0. The third-order valence-corrected chi connectivity index (χ3v) is 4.01. The molecule has 0 bridgehead atoms. The minimum Gasteiger partial charge on any atom is -0.278 e. The van der Waals surface area contributed by atoms with Gasteiger partial charge in [-0.3, -0.25) is 4.72 Å². The van der Waals surface area contributed by atoms with Gasteiger partial charge in [0.2, 0.25) is 10.0 Å². The van der Waals surface area contributed by atoms with Crippen molar-refractivity contribution in [2.45, 2.75) is 18.1 Å². The molecule has 0 radical (unpaired) electrons. The van der Waals surface area contributed by atoms with E-state index >= 15 is 0 Å². The highest BCUT2D eigenvalue weighted by Crippen LogP contribution is 2.30. The third-order valence-electron chi connectivity index (χ3n) is 2.17. The molecule has 6 heteroatoms. The molecule has 1 aromatic rings. The first-order chi connectivity index (χ1) is 7.00. The van der Waals surface area contributed by atoms with Gasteiger partial charge in [0.05, 0.1) is 5.25 Å². The van der Waals surface area contributed by atoms with Crippen LogP contribution in [0, 0.1) is 11.6 Å². The van der Waals surface area contributed by atoms with Gasteiger partial charge in [0.25, 0.3) is 0 Å². The van der Waals surface area contributed by atoms with Crippen LogP contribution in [0.2, 0.25) is 0 Å². The van der Waals surface area contributed by atoms with Gasteiger partial charge in [-0.25, -0.2) is 17.2 Å². The molecular formula is C9H9F2NO2S. The van der Waals surface area contributed by atoms with Crippen LogP contribution in [0.5, 0.6) is 0 Å². The van der Waals surface area contributed by atoms with Crippen molar-refractivity contribution in [1.82, 2.24) is 0 Å². The lowest BCUT2D eigenvalue weighted by atomic mass is 10.3. The van der Waals surface area contributed by atoms with Crippen LogP contribution in [0.3, 0.4) is 0 Å². The fraction of sp³-hybridized carbons (Fsp3) is 0.333. The van der Waals surface area contributed by atoms with E-state index in [1.807, 2.05) is 4.72 Å². The van der Waals surface area contributed by atoms with Crippen molar-refractivity contribution >= 4 is 15.7 Å². The van der Waals surface area contributed by atoms with Gasteiger partial charge in [-0.05, 0) is 25.0 Å². The summed E-state index contributed by atoms with van der Waals surface area (Å²) < 4.78 is 51.0. The summed E-state index contributed by atoms with van der Waals surface area (Å²) >= 11 is 0. The molecule has 1 aliphatic rings. The lowest BCUT2D eigenvalue weighted by molar-refractivity contribution is 0.582. The molecule has 15 heavy (non-hydrogen) atoms. The molecule has 0 aliphatic heterocycles. The Balaban J connectivity index is 2.31. The molecule has 1 fully saturated rings. The maximum atomic E-state index is 13.1. The summed E-state index contributed by atoms with van der Waals surface area (Å²) in [5.41, 5.74) is -0.593. The molecule has 2 rings (SSSR count). The van der Waals surface area contributed by atoms with Crippen molar-refractivity contribution in [3.63, 3.8) is 0 Å². The van der Waals surface area contributed by atoms with Crippen LogP contribution < -0.4 is 4.72 Å². The number of halogens is 2. The molecular weight excluding hydrogens is 224 g/mol. The Morgan fingerprint density at radius 1 is 1.20 bits per heavy atom. The topological polar surface area (TPSA) is 46.2 Å². The van der Waals surface area contributed by atoms with E-state index in [9.17, 15) is 17.2 Å². The molecule has 0 saturated heterocycles. The second kappa shape index (κ2) is 3.44. The largest absolute Gasteiger partial charge is 0.278 e.